The van der Waals surface area contributed by atoms with Crippen molar-refractivity contribution in [2.24, 2.45) is 5.50 Å². The largest absolute Gasteiger partial charge is 0.205 e. The van der Waals surface area contributed by atoms with Crippen LogP contribution in [0.3, 0.4) is 0 Å². The fourth-order valence-electron chi connectivity index (χ4n) is 1.23. The van der Waals surface area contributed by atoms with Gasteiger partial charge in [0.2, 0.25) is 0 Å². The van der Waals surface area contributed by atoms with Crippen molar-refractivity contribution in [2.45, 2.75) is 19.3 Å². The highest BCUT2D eigenvalue weighted by Gasteiger charge is 2.27. The summed E-state index contributed by atoms with van der Waals surface area (Å²) in [6.45, 7) is 2.27. The van der Waals surface area contributed by atoms with Gasteiger partial charge in [-0.1, -0.05) is 0 Å². The molecule has 0 aromatic rings. The first-order chi connectivity index (χ1) is 3.71. The molecule has 0 atom stereocenters. The Labute approximate surface area is 52.0 Å². The lowest BCUT2D eigenvalue weighted by atomic mass is 10.3. The first kappa shape index (κ1) is 6.51. The molecular formula is C6H15NP+. The van der Waals surface area contributed by atoms with Gasteiger partial charge in [0.15, 0.2) is 0 Å². The Hall–Kier alpha value is 0.390. The van der Waals surface area contributed by atoms with E-state index >= 15 is 0 Å². The zero-order valence-corrected chi connectivity index (χ0v) is 6.45. The molecule has 1 aliphatic rings. The smallest absolute Gasteiger partial charge is 0.0744 e. The van der Waals surface area contributed by atoms with Crippen LogP contribution in [0, 0.1) is 0 Å². The highest BCUT2D eigenvalue weighted by atomic mass is 31.2. The van der Waals surface area contributed by atoms with Crippen LogP contribution in [0.25, 0.3) is 0 Å². The molecule has 2 heteroatoms. The van der Waals surface area contributed by atoms with Gasteiger partial charge >= 0.3 is 0 Å². The predicted molar refractivity (Wildman–Crippen MR) is 40.6 cm³/mol. The second-order valence-corrected chi connectivity index (χ2v) is 6.84. The summed E-state index contributed by atoms with van der Waals surface area (Å²) in [5, 5.41) is 0. The first-order valence-electron chi connectivity index (χ1n) is 3.34. The first-order valence-corrected chi connectivity index (χ1v) is 6.01. The summed E-state index contributed by atoms with van der Waals surface area (Å²) in [4.78, 5) is 0. The molecule has 48 valence electrons. The van der Waals surface area contributed by atoms with Gasteiger partial charge in [-0.2, -0.15) is 0 Å². The van der Waals surface area contributed by atoms with Crippen molar-refractivity contribution in [3.8, 4) is 0 Å². The highest BCUT2D eigenvalue weighted by Crippen LogP contribution is 2.50. The van der Waals surface area contributed by atoms with Gasteiger partial charge in [-0.15, -0.1) is 0 Å². The fourth-order valence-corrected chi connectivity index (χ4v) is 3.35. The Balaban J connectivity index is 2.33. The van der Waals surface area contributed by atoms with Crippen molar-refractivity contribution in [3.05, 3.63) is 0 Å². The third kappa shape index (κ3) is 1.72. The molecule has 2 N–H and O–H groups in total. The van der Waals surface area contributed by atoms with E-state index in [9.17, 15) is 0 Å². The maximum atomic E-state index is 5.99. The van der Waals surface area contributed by atoms with E-state index < -0.39 is 7.41 Å². The van der Waals surface area contributed by atoms with Crippen LogP contribution in [0.1, 0.15) is 19.3 Å². The molecule has 1 saturated heterocycles. The topological polar surface area (TPSA) is 26.0 Å². The van der Waals surface area contributed by atoms with Crippen LogP contribution < -0.4 is 5.50 Å². The van der Waals surface area contributed by atoms with E-state index in [2.05, 4.69) is 6.66 Å². The van der Waals surface area contributed by atoms with Crippen molar-refractivity contribution in [1.29, 1.82) is 0 Å². The van der Waals surface area contributed by atoms with Gasteiger partial charge in [0, 0.05) is 0 Å². The van der Waals surface area contributed by atoms with Crippen LogP contribution in [0.5, 0.6) is 0 Å². The zero-order valence-electron chi connectivity index (χ0n) is 5.56. The molecule has 1 heterocycles. The summed E-state index contributed by atoms with van der Waals surface area (Å²) in [6.07, 6.45) is 6.88. The zero-order chi connectivity index (χ0) is 6.04. The van der Waals surface area contributed by atoms with Gasteiger partial charge in [0.05, 0.1) is 26.4 Å². The van der Waals surface area contributed by atoms with Gasteiger partial charge in [-0.25, -0.2) is 5.50 Å². The number of hydrogen-bond donors (Lipinski definition) is 1. The van der Waals surface area contributed by atoms with Gasteiger partial charge in [-0.05, 0) is 19.3 Å². The molecule has 0 spiro atoms. The molecular weight excluding hydrogens is 117 g/mol. The van der Waals surface area contributed by atoms with Gasteiger partial charge in [0.25, 0.3) is 0 Å². The molecule has 0 radical (unpaired) electrons. The quantitative estimate of drug-likeness (QED) is 0.499. The lowest BCUT2D eigenvalue weighted by molar-refractivity contribution is 0.745. The van der Waals surface area contributed by atoms with Gasteiger partial charge in [0.1, 0.15) is 0 Å². The third-order valence-corrected chi connectivity index (χ3v) is 4.51. The lowest BCUT2D eigenvalue weighted by Gasteiger charge is -2.21. The van der Waals surface area contributed by atoms with Crippen molar-refractivity contribution >= 4 is 7.41 Å². The minimum absolute atomic E-state index is 0.837. The minimum atomic E-state index is -0.837. The number of nitrogens with two attached hydrogens (primary N) is 1. The van der Waals surface area contributed by atoms with E-state index in [-0.39, 0.29) is 0 Å². The standard InChI is InChI=1S/C6H15NP/c1-8(7)5-3-2-4-6-8/h2-7H2,1H3/q+1. The van der Waals surface area contributed by atoms with Crippen LogP contribution in [-0.2, 0) is 0 Å². The predicted octanol–water partition coefficient (Wildman–Crippen LogP) is 1.69. The molecule has 8 heavy (non-hydrogen) atoms. The maximum absolute atomic E-state index is 5.99. The second kappa shape index (κ2) is 2.33. The Morgan fingerprint density at radius 2 is 1.62 bits per heavy atom. The molecule has 0 aromatic heterocycles. The van der Waals surface area contributed by atoms with E-state index in [1.807, 2.05) is 0 Å². The molecule has 1 fully saturated rings. The van der Waals surface area contributed by atoms with Crippen molar-refractivity contribution < 1.29 is 0 Å². The molecule has 1 nitrogen and oxygen atoms in total. The second-order valence-electron chi connectivity index (χ2n) is 2.99. The van der Waals surface area contributed by atoms with Crippen LogP contribution in [0.4, 0.5) is 0 Å². The van der Waals surface area contributed by atoms with Crippen LogP contribution in [0.2, 0.25) is 0 Å². The Kier molecular flexibility index (Phi) is 1.89. The summed E-state index contributed by atoms with van der Waals surface area (Å²) >= 11 is 0. The van der Waals surface area contributed by atoms with Gasteiger partial charge < -0.3 is 0 Å². The molecule has 1 rings (SSSR count). The van der Waals surface area contributed by atoms with Crippen LogP contribution >= 0.6 is 7.41 Å². The summed E-state index contributed by atoms with van der Waals surface area (Å²) < 4.78 is 0. The molecule has 0 aromatic carbocycles. The number of hydrogen-bond acceptors (Lipinski definition) is 1. The Morgan fingerprint density at radius 3 is 1.88 bits per heavy atom. The van der Waals surface area contributed by atoms with Crippen molar-refractivity contribution in [3.63, 3.8) is 0 Å². The molecule has 0 saturated carbocycles. The van der Waals surface area contributed by atoms with Crippen molar-refractivity contribution in [2.75, 3.05) is 19.0 Å². The molecule has 1 aliphatic heterocycles. The van der Waals surface area contributed by atoms with Crippen molar-refractivity contribution in [1.82, 2.24) is 0 Å². The minimum Gasteiger partial charge on any atom is -0.205 e. The number of rotatable bonds is 0. The summed E-state index contributed by atoms with van der Waals surface area (Å²) in [5.41, 5.74) is 5.99. The molecule has 0 aliphatic carbocycles. The van der Waals surface area contributed by atoms with E-state index in [1.54, 1.807) is 0 Å². The normalized spacial score (nSPS) is 27.8. The summed E-state index contributed by atoms with van der Waals surface area (Å²) in [6, 6.07) is 0. The Morgan fingerprint density at radius 1 is 1.12 bits per heavy atom. The summed E-state index contributed by atoms with van der Waals surface area (Å²) in [5.74, 6) is 0. The summed E-state index contributed by atoms with van der Waals surface area (Å²) in [7, 11) is -0.837. The van der Waals surface area contributed by atoms with E-state index in [0.717, 1.165) is 0 Å². The lowest BCUT2D eigenvalue weighted by Crippen LogP contribution is -2.15. The average molecular weight is 132 g/mol. The van der Waals surface area contributed by atoms with E-state index in [0.29, 0.717) is 0 Å². The Bertz CT molecular complexity index is 72.6. The average Bonchev–Trinajstić information content (AvgIpc) is 1.65. The van der Waals surface area contributed by atoms with E-state index in [4.69, 9.17) is 5.50 Å². The van der Waals surface area contributed by atoms with E-state index in [1.165, 1.54) is 31.6 Å². The molecule has 0 amide bonds. The SMILES string of the molecule is C[P+]1(N)CCCCC1. The fraction of sp³-hybridized carbons (Fsp3) is 1.00. The third-order valence-electron chi connectivity index (χ3n) is 1.84. The highest BCUT2D eigenvalue weighted by molar-refractivity contribution is 7.72. The molecule has 0 bridgehead atoms. The van der Waals surface area contributed by atoms with Crippen LogP contribution in [-0.4, -0.2) is 19.0 Å². The monoisotopic (exact) mass is 132 g/mol. The maximum Gasteiger partial charge on any atom is 0.0744 e. The van der Waals surface area contributed by atoms with Crippen LogP contribution in [0.15, 0.2) is 0 Å². The van der Waals surface area contributed by atoms with Gasteiger partial charge in [-0.3, -0.25) is 0 Å². The molecule has 0 unspecified atom stereocenters.